The number of carbonyl (C=O) groups is 1. The zero-order valence-electron chi connectivity index (χ0n) is 12.4. The van der Waals surface area contributed by atoms with Crippen molar-refractivity contribution >= 4 is 24.1 Å². The lowest BCUT2D eigenvalue weighted by Crippen LogP contribution is -2.29. The van der Waals surface area contributed by atoms with Gasteiger partial charge in [0.25, 0.3) is 0 Å². The van der Waals surface area contributed by atoms with Crippen molar-refractivity contribution in [3.05, 3.63) is 65.2 Å². The summed E-state index contributed by atoms with van der Waals surface area (Å²) >= 11 is 0. The molecule has 4 nitrogen and oxygen atoms in total. The van der Waals surface area contributed by atoms with Gasteiger partial charge in [-0.15, -0.1) is 12.4 Å². The number of rotatable bonds is 2. The quantitative estimate of drug-likeness (QED) is 0.871. The maximum Gasteiger partial charge on any atom is 0.335 e. The van der Waals surface area contributed by atoms with Gasteiger partial charge in [0.1, 0.15) is 0 Å². The molecular weight excluding hydrogens is 314 g/mol. The largest absolute Gasteiger partial charge is 0.478 e. The van der Waals surface area contributed by atoms with Crippen molar-refractivity contribution in [2.24, 2.45) is 5.92 Å². The molecule has 3 atom stereocenters. The van der Waals surface area contributed by atoms with Crippen molar-refractivity contribution in [1.29, 1.82) is 0 Å². The molecular formula is C18H18ClNO3. The SMILES string of the molecule is Cl.O=C(O)c1ccc2c(c1)C1OCCC1C(c1ccccc1)N2. The number of fused-ring (bicyclic) bond motifs is 3. The summed E-state index contributed by atoms with van der Waals surface area (Å²) in [5.41, 5.74) is 3.50. The molecule has 5 heteroatoms. The Bertz CT molecular complexity index is 719. The topological polar surface area (TPSA) is 58.6 Å². The van der Waals surface area contributed by atoms with Gasteiger partial charge in [-0.2, -0.15) is 0 Å². The van der Waals surface area contributed by atoms with Gasteiger partial charge in [-0.05, 0) is 30.2 Å². The van der Waals surface area contributed by atoms with Crippen LogP contribution in [0, 0.1) is 5.92 Å². The molecule has 2 heterocycles. The molecule has 0 radical (unpaired) electrons. The van der Waals surface area contributed by atoms with Crippen LogP contribution in [0.15, 0.2) is 48.5 Å². The van der Waals surface area contributed by atoms with Crippen molar-refractivity contribution in [2.75, 3.05) is 11.9 Å². The summed E-state index contributed by atoms with van der Waals surface area (Å²) in [5, 5.41) is 12.8. The molecule has 4 rings (SSSR count). The first-order chi connectivity index (χ1) is 10.7. The number of carboxylic acids is 1. The Morgan fingerprint density at radius 2 is 1.96 bits per heavy atom. The van der Waals surface area contributed by atoms with Gasteiger partial charge >= 0.3 is 5.97 Å². The van der Waals surface area contributed by atoms with Crippen LogP contribution in [0.4, 0.5) is 5.69 Å². The van der Waals surface area contributed by atoms with Crippen molar-refractivity contribution in [3.63, 3.8) is 0 Å². The summed E-state index contributed by atoms with van der Waals surface area (Å²) in [6, 6.07) is 15.8. The minimum Gasteiger partial charge on any atom is -0.478 e. The predicted octanol–water partition coefficient (Wildman–Crippen LogP) is 4.05. The number of hydrogen-bond acceptors (Lipinski definition) is 3. The Labute approximate surface area is 140 Å². The molecule has 0 spiro atoms. The molecule has 2 aliphatic heterocycles. The van der Waals surface area contributed by atoms with Crippen LogP contribution in [0.25, 0.3) is 0 Å². The van der Waals surface area contributed by atoms with E-state index in [1.165, 1.54) is 5.56 Å². The van der Waals surface area contributed by atoms with Crippen LogP contribution < -0.4 is 5.32 Å². The first-order valence-electron chi connectivity index (χ1n) is 7.54. The third kappa shape index (κ3) is 2.69. The van der Waals surface area contributed by atoms with Gasteiger partial charge in [-0.1, -0.05) is 30.3 Å². The van der Waals surface area contributed by atoms with Gasteiger partial charge in [0.2, 0.25) is 0 Å². The van der Waals surface area contributed by atoms with Crippen LogP contribution in [-0.4, -0.2) is 17.7 Å². The normalized spacial score (nSPS) is 24.8. The molecule has 1 saturated heterocycles. The molecule has 2 N–H and O–H groups in total. The second kappa shape index (κ2) is 6.22. The summed E-state index contributed by atoms with van der Waals surface area (Å²) in [6.45, 7) is 0.719. The molecule has 2 aromatic carbocycles. The fourth-order valence-corrected chi connectivity index (χ4v) is 3.60. The van der Waals surface area contributed by atoms with E-state index in [4.69, 9.17) is 4.74 Å². The van der Waals surface area contributed by atoms with Gasteiger partial charge in [0, 0.05) is 23.8 Å². The van der Waals surface area contributed by atoms with E-state index in [0.29, 0.717) is 11.5 Å². The molecule has 0 aliphatic carbocycles. The van der Waals surface area contributed by atoms with E-state index in [-0.39, 0.29) is 24.6 Å². The van der Waals surface area contributed by atoms with E-state index in [1.807, 2.05) is 24.3 Å². The number of benzene rings is 2. The van der Waals surface area contributed by atoms with E-state index in [9.17, 15) is 9.90 Å². The average Bonchev–Trinajstić information content (AvgIpc) is 3.04. The van der Waals surface area contributed by atoms with Gasteiger partial charge in [0.15, 0.2) is 0 Å². The number of halogens is 1. The third-order valence-corrected chi connectivity index (χ3v) is 4.64. The van der Waals surface area contributed by atoms with Crippen molar-refractivity contribution in [1.82, 2.24) is 0 Å². The van der Waals surface area contributed by atoms with Crippen LogP contribution in [0.1, 0.15) is 40.1 Å². The Kier molecular flexibility index (Phi) is 4.28. The molecule has 120 valence electrons. The van der Waals surface area contributed by atoms with E-state index >= 15 is 0 Å². The fraction of sp³-hybridized carbons (Fsp3) is 0.278. The Morgan fingerprint density at radius 3 is 2.70 bits per heavy atom. The lowest BCUT2D eigenvalue weighted by Gasteiger charge is -2.36. The molecule has 0 saturated carbocycles. The van der Waals surface area contributed by atoms with E-state index in [1.54, 1.807) is 12.1 Å². The van der Waals surface area contributed by atoms with Crippen LogP contribution >= 0.6 is 12.4 Å². The summed E-state index contributed by atoms with van der Waals surface area (Å²) in [5.74, 6) is -0.568. The van der Waals surface area contributed by atoms with Crippen LogP contribution in [0.5, 0.6) is 0 Å². The lowest BCUT2D eigenvalue weighted by molar-refractivity contribution is 0.0694. The smallest absolute Gasteiger partial charge is 0.335 e. The molecule has 0 bridgehead atoms. The van der Waals surface area contributed by atoms with E-state index in [2.05, 4.69) is 17.4 Å². The summed E-state index contributed by atoms with van der Waals surface area (Å²) in [7, 11) is 0. The number of anilines is 1. The van der Waals surface area contributed by atoms with Gasteiger partial charge in [-0.25, -0.2) is 4.79 Å². The first-order valence-corrected chi connectivity index (χ1v) is 7.54. The first kappa shape index (κ1) is 15.8. The third-order valence-electron chi connectivity index (χ3n) is 4.64. The fourth-order valence-electron chi connectivity index (χ4n) is 3.60. The molecule has 0 amide bonds. The zero-order valence-corrected chi connectivity index (χ0v) is 13.3. The second-order valence-corrected chi connectivity index (χ2v) is 5.88. The molecule has 23 heavy (non-hydrogen) atoms. The zero-order chi connectivity index (χ0) is 15.1. The number of ether oxygens (including phenoxy) is 1. The second-order valence-electron chi connectivity index (χ2n) is 5.88. The molecule has 3 unspecified atom stereocenters. The van der Waals surface area contributed by atoms with Crippen molar-refractivity contribution in [3.8, 4) is 0 Å². The Balaban J connectivity index is 0.00000156. The lowest BCUT2D eigenvalue weighted by atomic mass is 9.80. The van der Waals surface area contributed by atoms with Gasteiger partial charge in [-0.3, -0.25) is 0 Å². The number of hydrogen-bond donors (Lipinski definition) is 2. The molecule has 2 aliphatic rings. The average molecular weight is 332 g/mol. The van der Waals surface area contributed by atoms with Crippen molar-refractivity contribution in [2.45, 2.75) is 18.6 Å². The van der Waals surface area contributed by atoms with E-state index in [0.717, 1.165) is 24.3 Å². The highest BCUT2D eigenvalue weighted by atomic mass is 35.5. The van der Waals surface area contributed by atoms with Crippen LogP contribution in [0.2, 0.25) is 0 Å². The van der Waals surface area contributed by atoms with E-state index < -0.39 is 5.97 Å². The maximum atomic E-state index is 11.2. The maximum absolute atomic E-state index is 11.2. The highest BCUT2D eigenvalue weighted by Crippen LogP contribution is 2.49. The standard InChI is InChI=1S/C18H17NO3.ClH/c20-18(21)12-6-7-15-14(10-12)17-13(8-9-22-17)16(19-15)11-4-2-1-3-5-11;/h1-7,10,13,16-17,19H,8-9H2,(H,20,21);1H. The minimum atomic E-state index is -0.900. The molecule has 0 aromatic heterocycles. The highest BCUT2D eigenvalue weighted by Gasteiger charge is 2.41. The number of aromatic carboxylic acids is 1. The van der Waals surface area contributed by atoms with Crippen LogP contribution in [-0.2, 0) is 4.74 Å². The summed E-state index contributed by atoms with van der Waals surface area (Å²) < 4.78 is 5.94. The van der Waals surface area contributed by atoms with Gasteiger partial charge in [0.05, 0.1) is 17.7 Å². The molecule has 2 aromatic rings. The minimum absolute atomic E-state index is 0. The molecule has 1 fully saturated rings. The van der Waals surface area contributed by atoms with Crippen molar-refractivity contribution < 1.29 is 14.6 Å². The monoisotopic (exact) mass is 331 g/mol. The summed E-state index contributed by atoms with van der Waals surface area (Å²) in [4.78, 5) is 11.2. The Hall–Kier alpha value is -2.04. The number of carboxylic acid groups (broad SMARTS) is 1. The Morgan fingerprint density at radius 1 is 1.17 bits per heavy atom. The predicted molar refractivity (Wildman–Crippen MR) is 90.3 cm³/mol. The highest BCUT2D eigenvalue weighted by molar-refractivity contribution is 5.88. The number of nitrogens with one attached hydrogen (secondary N) is 1. The van der Waals surface area contributed by atoms with Crippen LogP contribution in [0.3, 0.4) is 0 Å². The summed E-state index contributed by atoms with van der Waals surface area (Å²) in [6.07, 6.45) is 0.953. The van der Waals surface area contributed by atoms with Gasteiger partial charge < -0.3 is 15.2 Å².